The van der Waals surface area contributed by atoms with E-state index in [0.29, 0.717) is 43.4 Å². The molecule has 0 fully saturated rings. The molecule has 0 bridgehead atoms. The number of esters is 1. The number of ketones is 1. The Morgan fingerprint density at radius 3 is 2.55 bits per heavy atom. The fraction of sp³-hybridized carbons (Fsp3) is 0.471. The molecular formula is C17H22O5. The highest BCUT2D eigenvalue weighted by atomic mass is 16.5. The van der Waals surface area contributed by atoms with Gasteiger partial charge < -0.3 is 14.3 Å². The Morgan fingerprint density at radius 2 is 1.91 bits per heavy atom. The van der Waals surface area contributed by atoms with Crippen LogP contribution in [0.1, 0.15) is 48.0 Å². The first-order chi connectivity index (χ1) is 10.6. The van der Waals surface area contributed by atoms with Crippen molar-refractivity contribution in [2.45, 2.75) is 38.5 Å². The number of benzene rings is 1. The summed E-state index contributed by atoms with van der Waals surface area (Å²) in [5.74, 6) is 0.280. The first-order valence-corrected chi connectivity index (χ1v) is 7.33. The minimum Gasteiger partial charge on any atom is -0.496 e. The van der Waals surface area contributed by atoms with Crippen LogP contribution in [0.5, 0.6) is 5.75 Å². The molecule has 1 rings (SSSR count). The van der Waals surface area contributed by atoms with E-state index in [4.69, 9.17) is 4.74 Å². The average molecular weight is 306 g/mol. The molecule has 0 atom stereocenters. The number of aldehydes is 1. The number of hydrogen-bond acceptors (Lipinski definition) is 5. The summed E-state index contributed by atoms with van der Waals surface area (Å²) >= 11 is 0. The van der Waals surface area contributed by atoms with E-state index in [1.807, 2.05) is 0 Å². The van der Waals surface area contributed by atoms with Crippen molar-refractivity contribution in [3.63, 3.8) is 0 Å². The normalized spacial score (nSPS) is 10.1. The van der Waals surface area contributed by atoms with Gasteiger partial charge in [-0.05, 0) is 25.3 Å². The third kappa shape index (κ3) is 5.31. The maximum absolute atomic E-state index is 12.4. The molecule has 0 aromatic heterocycles. The summed E-state index contributed by atoms with van der Waals surface area (Å²) in [7, 11) is 2.87. The van der Waals surface area contributed by atoms with Gasteiger partial charge in [0.25, 0.3) is 0 Å². The standard InChI is InChI=1S/C17H22O5/c1-21-16-9-6-7-13(14(16)10-11-17(20)22-2)15(19)8-4-3-5-12-18/h6-7,9,12H,3-5,8,10-11H2,1-2H3. The quantitative estimate of drug-likeness (QED) is 0.288. The van der Waals surface area contributed by atoms with Crippen LogP contribution in [-0.4, -0.2) is 32.3 Å². The molecular weight excluding hydrogens is 284 g/mol. The third-order valence-corrected chi connectivity index (χ3v) is 3.44. The SMILES string of the molecule is COC(=O)CCc1c(OC)cccc1C(=O)CCCCC=O. The second-order valence-electron chi connectivity index (χ2n) is 4.90. The number of carbonyl (C=O) groups excluding carboxylic acids is 3. The molecule has 0 amide bonds. The molecule has 0 saturated heterocycles. The minimum absolute atomic E-state index is 0.00432. The van der Waals surface area contributed by atoms with Crippen LogP contribution in [0.25, 0.3) is 0 Å². The molecule has 22 heavy (non-hydrogen) atoms. The first-order valence-electron chi connectivity index (χ1n) is 7.33. The van der Waals surface area contributed by atoms with Crippen LogP contribution >= 0.6 is 0 Å². The summed E-state index contributed by atoms with van der Waals surface area (Å²) in [5.41, 5.74) is 1.31. The maximum atomic E-state index is 12.4. The first kappa shape index (κ1) is 17.9. The van der Waals surface area contributed by atoms with Gasteiger partial charge in [0.1, 0.15) is 12.0 Å². The molecule has 120 valence electrons. The topological polar surface area (TPSA) is 69.7 Å². The van der Waals surface area contributed by atoms with Gasteiger partial charge in [-0.3, -0.25) is 9.59 Å². The van der Waals surface area contributed by atoms with E-state index in [2.05, 4.69) is 4.74 Å². The molecule has 1 aromatic rings. The fourth-order valence-electron chi connectivity index (χ4n) is 2.25. The van der Waals surface area contributed by atoms with Crippen molar-refractivity contribution in [2.75, 3.05) is 14.2 Å². The van der Waals surface area contributed by atoms with Crippen LogP contribution in [0.2, 0.25) is 0 Å². The van der Waals surface area contributed by atoms with E-state index in [-0.39, 0.29) is 18.2 Å². The Hall–Kier alpha value is -2.17. The Bertz CT molecular complexity index is 522. The molecule has 0 spiro atoms. The van der Waals surface area contributed by atoms with Crippen molar-refractivity contribution in [2.24, 2.45) is 0 Å². The van der Waals surface area contributed by atoms with E-state index >= 15 is 0 Å². The molecule has 0 aliphatic heterocycles. The molecule has 0 N–H and O–H groups in total. The van der Waals surface area contributed by atoms with E-state index in [1.165, 1.54) is 14.2 Å². The van der Waals surface area contributed by atoms with Crippen LogP contribution in [0, 0.1) is 0 Å². The fourth-order valence-corrected chi connectivity index (χ4v) is 2.25. The smallest absolute Gasteiger partial charge is 0.305 e. The number of rotatable bonds is 10. The largest absolute Gasteiger partial charge is 0.496 e. The highest BCUT2D eigenvalue weighted by molar-refractivity contribution is 5.98. The van der Waals surface area contributed by atoms with E-state index in [9.17, 15) is 14.4 Å². The van der Waals surface area contributed by atoms with Crippen molar-refractivity contribution >= 4 is 18.0 Å². The zero-order chi connectivity index (χ0) is 16.4. The summed E-state index contributed by atoms with van der Waals surface area (Å²) in [6.07, 6.45) is 3.68. The van der Waals surface area contributed by atoms with Gasteiger partial charge in [0.2, 0.25) is 0 Å². The third-order valence-electron chi connectivity index (χ3n) is 3.44. The lowest BCUT2D eigenvalue weighted by Gasteiger charge is -2.13. The summed E-state index contributed by atoms with van der Waals surface area (Å²) in [5, 5.41) is 0. The van der Waals surface area contributed by atoms with Gasteiger partial charge in [0.15, 0.2) is 5.78 Å². The molecule has 5 nitrogen and oxygen atoms in total. The van der Waals surface area contributed by atoms with Gasteiger partial charge in [-0.25, -0.2) is 0 Å². The predicted octanol–water partition coefficient (Wildman–Crippen LogP) is 2.74. The molecule has 0 saturated carbocycles. The number of hydrogen-bond donors (Lipinski definition) is 0. The minimum atomic E-state index is -0.324. The summed E-state index contributed by atoms with van der Waals surface area (Å²) in [6.45, 7) is 0. The second kappa shape index (κ2) is 9.71. The Kier molecular flexibility index (Phi) is 7.89. The molecule has 0 aliphatic carbocycles. The lowest BCUT2D eigenvalue weighted by molar-refractivity contribution is -0.140. The van der Waals surface area contributed by atoms with Crippen molar-refractivity contribution in [1.29, 1.82) is 0 Å². The maximum Gasteiger partial charge on any atom is 0.305 e. The van der Waals surface area contributed by atoms with E-state index in [0.717, 1.165) is 11.8 Å². The van der Waals surface area contributed by atoms with Crippen molar-refractivity contribution in [3.8, 4) is 5.75 Å². The van der Waals surface area contributed by atoms with Crippen LogP contribution in [0.3, 0.4) is 0 Å². The van der Waals surface area contributed by atoms with Crippen LogP contribution < -0.4 is 4.74 Å². The Labute approximate surface area is 130 Å². The lowest BCUT2D eigenvalue weighted by Crippen LogP contribution is -2.09. The van der Waals surface area contributed by atoms with Gasteiger partial charge in [-0.1, -0.05) is 12.1 Å². The molecule has 0 heterocycles. The lowest BCUT2D eigenvalue weighted by atomic mass is 9.96. The molecule has 0 unspecified atom stereocenters. The van der Waals surface area contributed by atoms with E-state index in [1.54, 1.807) is 18.2 Å². The number of methoxy groups -OCH3 is 2. The van der Waals surface area contributed by atoms with Crippen LogP contribution in [-0.2, 0) is 20.7 Å². The summed E-state index contributed by atoms with van der Waals surface area (Å²) < 4.78 is 9.93. The van der Waals surface area contributed by atoms with Crippen molar-refractivity contribution < 1.29 is 23.9 Å². The second-order valence-corrected chi connectivity index (χ2v) is 4.90. The van der Waals surface area contributed by atoms with Crippen LogP contribution in [0.4, 0.5) is 0 Å². The zero-order valence-corrected chi connectivity index (χ0v) is 13.1. The van der Waals surface area contributed by atoms with Crippen molar-refractivity contribution in [1.82, 2.24) is 0 Å². The summed E-state index contributed by atoms with van der Waals surface area (Å²) in [6, 6.07) is 5.28. The molecule has 0 aliphatic rings. The molecule has 0 radical (unpaired) electrons. The highest BCUT2D eigenvalue weighted by Crippen LogP contribution is 2.25. The number of ether oxygens (including phenoxy) is 2. The summed E-state index contributed by atoms with van der Waals surface area (Å²) in [4.78, 5) is 34.0. The van der Waals surface area contributed by atoms with Gasteiger partial charge in [0, 0.05) is 30.4 Å². The monoisotopic (exact) mass is 306 g/mol. The number of carbonyl (C=O) groups is 3. The van der Waals surface area contributed by atoms with Crippen molar-refractivity contribution in [3.05, 3.63) is 29.3 Å². The molecule has 5 heteroatoms. The average Bonchev–Trinajstić information content (AvgIpc) is 2.55. The van der Waals surface area contributed by atoms with Gasteiger partial charge in [0.05, 0.1) is 14.2 Å². The number of unbranched alkanes of at least 4 members (excludes halogenated alkanes) is 2. The predicted molar refractivity (Wildman–Crippen MR) is 82.2 cm³/mol. The Morgan fingerprint density at radius 1 is 1.14 bits per heavy atom. The van der Waals surface area contributed by atoms with Crippen LogP contribution in [0.15, 0.2) is 18.2 Å². The van der Waals surface area contributed by atoms with Gasteiger partial charge in [-0.15, -0.1) is 0 Å². The Balaban J connectivity index is 2.85. The highest BCUT2D eigenvalue weighted by Gasteiger charge is 2.16. The zero-order valence-electron chi connectivity index (χ0n) is 13.1. The van der Waals surface area contributed by atoms with E-state index < -0.39 is 0 Å². The van der Waals surface area contributed by atoms with Gasteiger partial charge >= 0.3 is 5.97 Å². The van der Waals surface area contributed by atoms with Gasteiger partial charge in [-0.2, -0.15) is 0 Å². The molecule has 1 aromatic carbocycles. The number of Topliss-reactive ketones (excluding diaryl/α,β-unsaturated/α-hetero) is 1.